The van der Waals surface area contributed by atoms with E-state index in [1.54, 1.807) is 0 Å². The first kappa shape index (κ1) is 33.4. The molecule has 0 saturated heterocycles. The minimum atomic E-state index is -0.130. The molecule has 0 saturated carbocycles. The first-order valence-electron chi connectivity index (χ1n) is 13.3. The smallest absolute Gasteiger partial charge is 0.306 e. The van der Waals surface area contributed by atoms with E-state index in [0.29, 0.717) is 11.2 Å². The molecular formula is C32H51BrO2. The third-order valence-corrected chi connectivity index (χ3v) is 7.51. The summed E-state index contributed by atoms with van der Waals surface area (Å²) >= 11 is 3.91. The van der Waals surface area contributed by atoms with Crippen LogP contribution >= 0.6 is 15.9 Å². The quantitative estimate of drug-likeness (QED) is 0.0913. The van der Waals surface area contributed by atoms with Crippen molar-refractivity contribution in [2.24, 2.45) is 10.8 Å². The van der Waals surface area contributed by atoms with Crippen LogP contribution in [0, 0.1) is 10.8 Å². The zero-order valence-corrected chi connectivity index (χ0v) is 24.9. The van der Waals surface area contributed by atoms with Gasteiger partial charge >= 0.3 is 5.97 Å². The van der Waals surface area contributed by atoms with E-state index in [-0.39, 0.29) is 16.8 Å². The van der Waals surface area contributed by atoms with Gasteiger partial charge in [0.05, 0.1) is 13.5 Å². The van der Waals surface area contributed by atoms with Gasteiger partial charge in [-0.15, -0.1) is 0 Å². The van der Waals surface area contributed by atoms with Crippen LogP contribution in [0.5, 0.6) is 0 Å². The van der Waals surface area contributed by atoms with Crippen LogP contribution in [0.1, 0.15) is 98.8 Å². The second-order valence-electron chi connectivity index (χ2n) is 10.5. The van der Waals surface area contributed by atoms with Gasteiger partial charge in [0.25, 0.3) is 0 Å². The monoisotopic (exact) mass is 546 g/mol. The van der Waals surface area contributed by atoms with E-state index in [1.807, 2.05) is 0 Å². The van der Waals surface area contributed by atoms with E-state index >= 15 is 0 Å². The Morgan fingerprint density at radius 2 is 1.14 bits per heavy atom. The fourth-order valence-electron chi connectivity index (χ4n) is 4.14. The lowest BCUT2D eigenvalue weighted by atomic mass is 9.71. The number of alkyl halides is 1. The number of ether oxygens (including phenoxy) is 1. The normalized spacial score (nSPS) is 14.6. The van der Waals surface area contributed by atoms with Gasteiger partial charge in [0, 0.05) is 4.83 Å². The number of carbonyl (C=O) groups is 1. The summed E-state index contributed by atoms with van der Waals surface area (Å²) in [5.41, 5.74) is 0.0339. The number of methoxy groups -OCH3 is 1. The average molecular weight is 548 g/mol. The van der Waals surface area contributed by atoms with Crippen molar-refractivity contribution in [2.45, 2.75) is 104 Å². The molecule has 0 aromatic heterocycles. The molecule has 198 valence electrons. The zero-order valence-electron chi connectivity index (χ0n) is 23.3. The summed E-state index contributed by atoms with van der Waals surface area (Å²) in [6.07, 6.45) is 36.5. The third kappa shape index (κ3) is 20.3. The maximum Gasteiger partial charge on any atom is 0.306 e. The summed E-state index contributed by atoms with van der Waals surface area (Å²) < 4.78 is 4.86. The summed E-state index contributed by atoms with van der Waals surface area (Å²) in [4.78, 5) is 12.1. The van der Waals surface area contributed by atoms with Crippen LogP contribution < -0.4 is 0 Å². The molecule has 0 amide bonds. The van der Waals surface area contributed by atoms with Gasteiger partial charge in [-0.05, 0) is 68.6 Å². The zero-order chi connectivity index (χ0) is 26.4. The van der Waals surface area contributed by atoms with Crippen molar-refractivity contribution >= 4 is 21.9 Å². The lowest BCUT2D eigenvalue weighted by Gasteiger charge is -2.37. The molecule has 0 aliphatic carbocycles. The van der Waals surface area contributed by atoms with E-state index in [0.717, 1.165) is 57.8 Å². The van der Waals surface area contributed by atoms with Gasteiger partial charge in [-0.2, -0.15) is 0 Å². The van der Waals surface area contributed by atoms with Gasteiger partial charge in [0.1, 0.15) is 0 Å². The van der Waals surface area contributed by atoms with E-state index in [4.69, 9.17) is 4.74 Å². The molecule has 35 heavy (non-hydrogen) atoms. The van der Waals surface area contributed by atoms with Crippen molar-refractivity contribution in [1.82, 2.24) is 0 Å². The standard InChI is InChI=1S/C32H51BrO2/c1-7-8-9-10-11-12-13-14-15-16-17-18-19-20-21-22-23-24-25-26-29(33)32(4,5)28-31(2,3)27-30(34)35-6/h8-9,11-12,14-15,17-18,20-21,23-24,29H,7,10,13,16,19,22,25-28H2,1-6H3/b9-8-,12-11-,15-14-,18-17-,21-20-,24-23-. The molecule has 0 aromatic rings. The number of hydrogen-bond acceptors (Lipinski definition) is 2. The van der Waals surface area contributed by atoms with E-state index in [1.165, 1.54) is 7.11 Å². The largest absolute Gasteiger partial charge is 0.469 e. The van der Waals surface area contributed by atoms with Gasteiger partial charge in [0.15, 0.2) is 0 Å². The van der Waals surface area contributed by atoms with Crippen molar-refractivity contribution in [3.05, 3.63) is 72.9 Å². The molecule has 0 radical (unpaired) electrons. The summed E-state index contributed by atoms with van der Waals surface area (Å²) in [5, 5.41) is 0. The lowest BCUT2D eigenvalue weighted by molar-refractivity contribution is -0.143. The van der Waals surface area contributed by atoms with Gasteiger partial charge in [-0.1, -0.05) is 123 Å². The number of halogens is 1. The Morgan fingerprint density at radius 1 is 0.743 bits per heavy atom. The number of allylic oxidation sites excluding steroid dienone is 12. The second kappa shape index (κ2) is 20.6. The van der Waals surface area contributed by atoms with E-state index in [9.17, 15) is 4.79 Å². The molecule has 0 fully saturated rings. The highest BCUT2D eigenvalue weighted by molar-refractivity contribution is 9.09. The number of rotatable bonds is 19. The lowest BCUT2D eigenvalue weighted by Crippen LogP contribution is -2.32. The molecule has 1 unspecified atom stereocenters. The Labute approximate surface area is 225 Å². The molecule has 0 aliphatic heterocycles. The highest BCUT2D eigenvalue weighted by atomic mass is 79.9. The van der Waals surface area contributed by atoms with Crippen LogP contribution in [0.2, 0.25) is 0 Å². The van der Waals surface area contributed by atoms with Crippen LogP contribution in [-0.4, -0.2) is 17.9 Å². The predicted octanol–water partition coefficient (Wildman–Crippen LogP) is 10.2. The maximum atomic E-state index is 11.7. The Balaban J connectivity index is 4.00. The van der Waals surface area contributed by atoms with Crippen LogP contribution in [-0.2, 0) is 9.53 Å². The molecule has 2 nitrogen and oxygen atoms in total. The fourth-order valence-corrected chi connectivity index (χ4v) is 4.57. The molecule has 1 atom stereocenters. The molecule has 0 spiro atoms. The highest BCUT2D eigenvalue weighted by Gasteiger charge is 2.35. The molecule has 0 aliphatic rings. The van der Waals surface area contributed by atoms with Crippen molar-refractivity contribution in [3.8, 4) is 0 Å². The Kier molecular flexibility index (Phi) is 19.6. The van der Waals surface area contributed by atoms with Crippen LogP contribution in [0.25, 0.3) is 0 Å². The van der Waals surface area contributed by atoms with Gasteiger partial charge in [-0.3, -0.25) is 4.79 Å². The Bertz CT molecular complexity index is 720. The van der Waals surface area contributed by atoms with Crippen molar-refractivity contribution < 1.29 is 9.53 Å². The second-order valence-corrected chi connectivity index (χ2v) is 11.6. The Hall–Kier alpha value is -1.61. The minimum Gasteiger partial charge on any atom is -0.469 e. The molecule has 0 rings (SSSR count). The van der Waals surface area contributed by atoms with E-state index in [2.05, 4.69) is 123 Å². The van der Waals surface area contributed by atoms with Crippen molar-refractivity contribution in [3.63, 3.8) is 0 Å². The molecule has 0 heterocycles. The van der Waals surface area contributed by atoms with Crippen LogP contribution in [0.15, 0.2) is 72.9 Å². The molecule has 3 heteroatoms. The SMILES string of the molecule is CC/C=C\C/C=C\C/C=C\C/C=C\C/C=C\C/C=C\CCC(Br)C(C)(C)CC(C)(C)CC(=O)OC. The summed E-state index contributed by atoms with van der Waals surface area (Å²) in [6.45, 7) is 11.0. The average Bonchev–Trinajstić information content (AvgIpc) is 2.79. The molecule has 0 bridgehead atoms. The first-order valence-corrected chi connectivity index (χ1v) is 14.2. The van der Waals surface area contributed by atoms with Crippen LogP contribution in [0.3, 0.4) is 0 Å². The third-order valence-electron chi connectivity index (χ3n) is 5.82. The number of hydrogen-bond donors (Lipinski definition) is 0. The van der Waals surface area contributed by atoms with Crippen molar-refractivity contribution in [2.75, 3.05) is 7.11 Å². The number of carbonyl (C=O) groups excluding carboxylic acids is 1. The van der Waals surface area contributed by atoms with Crippen LogP contribution in [0.4, 0.5) is 0 Å². The van der Waals surface area contributed by atoms with E-state index < -0.39 is 0 Å². The Morgan fingerprint density at radius 3 is 1.54 bits per heavy atom. The number of esters is 1. The maximum absolute atomic E-state index is 11.7. The summed E-state index contributed by atoms with van der Waals surface area (Å²) in [6, 6.07) is 0. The van der Waals surface area contributed by atoms with Gasteiger partial charge in [0.2, 0.25) is 0 Å². The minimum absolute atomic E-state index is 0.0725. The fraction of sp³-hybridized carbons (Fsp3) is 0.594. The molecular weight excluding hydrogens is 496 g/mol. The highest BCUT2D eigenvalue weighted by Crippen LogP contribution is 2.42. The van der Waals surface area contributed by atoms with Gasteiger partial charge < -0.3 is 4.74 Å². The summed E-state index contributed by atoms with van der Waals surface area (Å²) in [7, 11) is 1.46. The summed E-state index contributed by atoms with van der Waals surface area (Å²) in [5.74, 6) is -0.130. The first-order chi connectivity index (χ1) is 16.6. The molecule has 0 aromatic carbocycles. The topological polar surface area (TPSA) is 26.3 Å². The van der Waals surface area contributed by atoms with Gasteiger partial charge in [-0.25, -0.2) is 0 Å². The molecule has 0 N–H and O–H groups in total. The van der Waals surface area contributed by atoms with Crippen molar-refractivity contribution in [1.29, 1.82) is 0 Å². The predicted molar refractivity (Wildman–Crippen MR) is 159 cm³/mol.